The van der Waals surface area contributed by atoms with Gasteiger partial charge >= 0.3 is 74.8 Å². The van der Waals surface area contributed by atoms with Gasteiger partial charge in [0.25, 0.3) is 0 Å². The number of halogens is 3. The number of aryl methyl sites for hydroxylation is 4. The number of phenolic OH excluding ortho intramolecular Hbond substituents is 1. The first-order valence-electron chi connectivity index (χ1n) is 42.5. The van der Waals surface area contributed by atoms with Gasteiger partial charge < -0.3 is 82.0 Å². The molecule has 12 atom stereocenters. The van der Waals surface area contributed by atoms with Crippen molar-refractivity contribution in [2.45, 2.75) is 218 Å². The zero-order chi connectivity index (χ0) is 94.0. The fourth-order valence-corrected chi connectivity index (χ4v) is 19.2. The molecule has 0 amide bonds. The number of esters is 8. The van der Waals surface area contributed by atoms with Crippen LogP contribution < -0.4 is 30.1 Å². The van der Waals surface area contributed by atoms with Gasteiger partial charge in [-0.3, -0.25) is 45.1 Å². The van der Waals surface area contributed by atoms with Gasteiger partial charge in [-0.15, -0.1) is 13.2 Å². The fourth-order valence-electron chi connectivity index (χ4n) is 15.7. The van der Waals surface area contributed by atoms with Crippen LogP contribution in [0.3, 0.4) is 0 Å². The second-order valence-corrected chi connectivity index (χ2v) is 34.4. The molecule has 13 rings (SSSR count). The Morgan fingerprint density at radius 1 is 0.485 bits per heavy atom. The molecule has 2 saturated carbocycles. The van der Waals surface area contributed by atoms with Crippen LogP contribution in [0.1, 0.15) is 177 Å². The van der Waals surface area contributed by atoms with E-state index in [4.69, 9.17) is 52.5 Å². The van der Waals surface area contributed by atoms with Crippen molar-refractivity contribution in [1.29, 1.82) is 0 Å². The third-order valence-corrected chi connectivity index (χ3v) is 25.3. The van der Waals surface area contributed by atoms with Gasteiger partial charge in [0.05, 0.1) is 51.4 Å². The van der Waals surface area contributed by atoms with Crippen molar-refractivity contribution in [2.24, 2.45) is 11.8 Å². The second kappa shape index (κ2) is 63.2. The van der Waals surface area contributed by atoms with Crippen LogP contribution in [-0.2, 0) is 124 Å². The number of carbonyl (C=O) groups excluding carboxylic acids is 9. The minimum absolute atomic E-state index is 0. The van der Waals surface area contributed by atoms with Gasteiger partial charge in [0.15, 0.2) is 0 Å². The van der Waals surface area contributed by atoms with Gasteiger partial charge in [-0.05, 0) is 192 Å². The molecule has 0 saturated heterocycles. The molecule has 708 valence electrons. The molecule has 2 aliphatic heterocycles. The average Bonchev–Trinajstić information content (AvgIpc) is 1.60. The summed E-state index contributed by atoms with van der Waals surface area (Å²) >= 11 is 8.38. The summed E-state index contributed by atoms with van der Waals surface area (Å²) in [4.78, 5) is 96.8. The Balaban J connectivity index is 0.000000402. The minimum Gasteiger partial charge on any atom is -0.0620 e. The van der Waals surface area contributed by atoms with E-state index in [1.165, 1.54) is 83.2 Å². The number of methoxy groups -OCH3 is 4. The first-order valence-corrected chi connectivity index (χ1v) is 48.0. The molecule has 2 fully saturated rings. The van der Waals surface area contributed by atoms with Gasteiger partial charge in [0, 0.05) is 114 Å². The quantitative estimate of drug-likeness (QED) is 0.00837. The van der Waals surface area contributed by atoms with E-state index in [9.17, 15) is 43.5 Å². The van der Waals surface area contributed by atoms with E-state index in [0.717, 1.165) is 82.5 Å². The van der Waals surface area contributed by atoms with Crippen LogP contribution in [0.5, 0.6) is 23.0 Å². The molecule has 2 N–H and O–H groups in total. The molecule has 2 heterocycles. The Bertz CT molecular complexity index is 4630. The van der Waals surface area contributed by atoms with Crippen molar-refractivity contribution < 1.29 is 123 Å². The maximum Gasteiger partial charge on any atom is 0.102 e. The molecule has 130 heavy (non-hydrogen) atoms. The summed E-state index contributed by atoms with van der Waals surface area (Å²) < 4.78 is 59.9. The van der Waals surface area contributed by atoms with Crippen molar-refractivity contribution in [3.63, 3.8) is 0 Å². The number of aromatic hydroxyl groups is 1. The molecule has 6 aliphatic rings. The molecular weight excluding hydrogens is 1920 g/mol. The zero-order valence-electron chi connectivity index (χ0n) is 76.4. The second-order valence-electron chi connectivity index (χ2n) is 30.2. The summed E-state index contributed by atoms with van der Waals surface area (Å²) in [7, 11) is 9.32. The Morgan fingerprint density at radius 2 is 0.854 bits per heavy atom. The number of para-hydroxylation sites is 4. The molecule has 27 heteroatoms. The van der Waals surface area contributed by atoms with E-state index in [2.05, 4.69) is 199 Å². The van der Waals surface area contributed by atoms with Gasteiger partial charge in [-0.1, -0.05) is 153 Å². The summed E-state index contributed by atoms with van der Waals surface area (Å²) in [5, 5.41) is 22.9. The van der Waals surface area contributed by atoms with Crippen LogP contribution in [0.15, 0.2) is 235 Å². The van der Waals surface area contributed by atoms with Crippen molar-refractivity contribution in [3.05, 3.63) is 283 Å². The summed E-state index contributed by atoms with van der Waals surface area (Å²) in [6, 6.07) is 56.2. The smallest absolute Gasteiger partial charge is 0.0620 e. The number of phenols is 1. The molecular formula is C103H128Br2ClO22PRu-2. The van der Waals surface area contributed by atoms with E-state index in [1.807, 2.05) is 79.8 Å². The summed E-state index contributed by atoms with van der Waals surface area (Å²) in [5.74, 6) is 1.74. The van der Waals surface area contributed by atoms with Crippen molar-refractivity contribution >= 4 is 120 Å². The maximum absolute atomic E-state index is 11.4. The first kappa shape index (κ1) is 114. The number of rotatable bonds is 29. The minimum atomic E-state index is -0.877. The summed E-state index contributed by atoms with van der Waals surface area (Å²) in [5.41, 5.74) is 6.49. The molecule has 0 spiro atoms. The average molecular weight is 2050 g/mol. The number of aliphatic hydroxyl groups is 1. The predicted molar refractivity (Wildman–Crippen MR) is 517 cm³/mol. The van der Waals surface area contributed by atoms with Crippen molar-refractivity contribution in [2.75, 3.05) is 28.4 Å². The number of carbonyl (C=O) groups is 8. The number of ether oxygens (including phenoxy) is 11. The predicted octanol–water partition coefficient (Wildman–Crippen LogP) is 19.4. The molecule has 4 aliphatic carbocycles. The van der Waals surface area contributed by atoms with Crippen molar-refractivity contribution in [3.8, 4) is 23.0 Å². The number of fused-ring (bicyclic) bond motifs is 6. The number of hydrogen-bond acceptors (Lipinski definition) is 22. The third-order valence-electron chi connectivity index (χ3n) is 21.3. The monoisotopic (exact) mass is 2040 g/mol. The first-order chi connectivity index (χ1) is 61.8. The summed E-state index contributed by atoms with van der Waals surface area (Å²) in [6.07, 6.45) is 25.4. The fraction of sp³-hybridized carbons (Fsp3) is 0.388. The largest absolute Gasteiger partial charge is 0.102 e. The van der Waals surface area contributed by atoms with E-state index in [-0.39, 0.29) is 135 Å². The van der Waals surface area contributed by atoms with Crippen LogP contribution in [-0.4, -0.2) is 142 Å². The molecule has 0 aromatic heterocycles. The molecule has 7 aromatic carbocycles. The van der Waals surface area contributed by atoms with E-state index >= 15 is 0 Å². The number of hydrogen-bond donors (Lipinski definition) is 2. The number of aliphatic hydroxyl groups excluding tert-OH is 1. The topological polar surface area (TPSA) is 296 Å². The van der Waals surface area contributed by atoms with E-state index in [1.54, 1.807) is 35.5 Å². The molecule has 7 aromatic rings. The molecule has 0 bridgehead atoms. The molecule has 22 nitrogen and oxygen atoms in total. The zero-order valence-corrected chi connectivity index (χ0v) is 83.2. The van der Waals surface area contributed by atoms with Crippen LogP contribution >= 0.6 is 49.5 Å². The Labute approximate surface area is 800 Å². The van der Waals surface area contributed by atoms with Gasteiger partial charge in [-0.2, -0.15) is 0 Å². The normalized spacial score (nSPS) is 19.3. The Hall–Kier alpha value is -9.87. The van der Waals surface area contributed by atoms with Gasteiger partial charge in [0.1, 0.15) is 81.6 Å². The van der Waals surface area contributed by atoms with Crippen LogP contribution in [0, 0.1) is 26.7 Å². The maximum atomic E-state index is 11.4. The standard InChI is InChI=1S/2C21H26O5.C18H21BrO5.C18H15P.C11H13BrO3.C7H10O3.C4H8.CHO.2CH3.ClH.Ru.H/c2*1-4-7-15-17(25-13(2)22)12-18-20(15)16-10-5-8-14(21(16)26-18)9-6-11-19(23)24-3;1-12(20)23-14-9-10-15(11-14)24-18-13(5-3-7-16(18)19)6-4-8-17(21)22-2;1-4-10-16(11-5-1)19(17-12-6-2-7-13-17)18-14-8-3-9-15-18;1-15-10(13)7-3-5-8-4-2-6-9(12)11(8)14;1-5(8)10-7-3-2-6(9)4-7;1-3-4-2;1-2;;;;;/h4-5,7-8,10,15,17-18,20H,6,9,11-12H2,1-3H3;4-5,8,10,15,17-18,20H,1,6-7,9,11-12H2,2-3H3;3,5,7,9-10,14-15H,4,6,8,11H2,1-2H3;1-15H;2,4,6,14H,3,5,7H2,1H3;2-3,6-7,9H,4H2,1H3;3H,1,4H2,2H3;1H;2*1H3;1H;;/q;;;;;;;3*-1;;+1;/b7-4+;;;;;;;;;;;;/t2*15-,17+,18-,20-;14-,15+;;;6-,7-;;;;;;;/m000..0......./s1. The van der Waals surface area contributed by atoms with Gasteiger partial charge in [-0.25, -0.2) is 0 Å². The Kier molecular flexibility index (Phi) is 55.6. The van der Waals surface area contributed by atoms with Crippen LogP contribution in [0.2, 0.25) is 0 Å². The third kappa shape index (κ3) is 37.8. The van der Waals surface area contributed by atoms with E-state index in [0.29, 0.717) is 81.5 Å². The molecule has 0 unspecified atom stereocenters. The Morgan fingerprint density at radius 3 is 1.27 bits per heavy atom. The number of allylic oxidation sites excluding steroid dienone is 3. The SMILES string of the molecule is C/C=C/[C@@H]1[C@H]2c3cccc(CCCC(=O)OC)c3O[C@H]2C[C@H]1OC(C)=O.C=CCC.C=CC[C@@H]1[C@H]2c3cccc(CCCC(=O)OC)c3O[C@H]2C[C@H]1OC(C)=O.CC(=O)O[C@H]1C=C[C@H](O)C1.COC(=O)CCCc1cccc(Br)c1O.COC(=O)CCCc1cccc(Br)c1O[C@@H]1C=C[C@H](OC(C)=O)C1.[CH-]=O.[CH3-].[CH3-].[Cl][RuH].c1ccc([PH+](c2ccccc2)c2ccccc2)cc1. The molecule has 0 radical (unpaired) electrons. The van der Waals surface area contributed by atoms with Crippen LogP contribution in [0.4, 0.5) is 0 Å². The van der Waals surface area contributed by atoms with Crippen molar-refractivity contribution in [1.82, 2.24) is 0 Å². The van der Waals surface area contributed by atoms with Gasteiger partial charge in [0.2, 0.25) is 0 Å². The summed E-state index contributed by atoms with van der Waals surface area (Å²) in [6.45, 7) is 20.3. The number of benzene rings is 7. The van der Waals surface area contributed by atoms with E-state index < -0.39 is 14.0 Å². The van der Waals surface area contributed by atoms with Crippen LogP contribution in [0.25, 0.3) is 0 Å².